The third-order valence-corrected chi connectivity index (χ3v) is 2.04. The van der Waals surface area contributed by atoms with Crippen LogP contribution in [0.3, 0.4) is 0 Å². The van der Waals surface area contributed by atoms with Gasteiger partial charge in [0.15, 0.2) is 0 Å². The second-order valence-electron chi connectivity index (χ2n) is 1.94. The molecule has 1 aliphatic rings. The van der Waals surface area contributed by atoms with E-state index in [9.17, 15) is 4.79 Å². The van der Waals surface area contributed by atoms with Crippen molar-refractivity contribution in [3.8, 4) is 0 Å². The van der Waals surface area contributed by atoms with Gasteiger partial charge in [0, 0.05) is 0 Å². The fraction of sp³-hybridized carbons (Fsp3) is 0.143. The summed E-state index contributed by atoms with van der Waals surface area (Å²) in [5.74, 6) is -0.863. The van der Waals surface area contributed by atoms with Crippen molar-refractivity contribution in [2.75, 3.05) is 0 Å². The number of allylic oxidation sites excluding steroid dienone is 3. The van der Waals surface area contributed by atoms with Crippen molar-refractivity contribution in [3.05, 3.63) is 23.8 Å². The van der Waals surface area contributed by atoms with E-state index in [1.54, 1.807) is 12.2 Å². The second kappa shape index (κ2) is 2.95. The molecule has 10 heavy (non-hydrogen) atoms. The zero-order chi connectivity index (χ0) is 7.56. The van der Waals surface area contributed by atoms with Gasteiger partial charge in [-0.25, -0.2) is 0 Å². The van der Waals surface area contributed by atoms with Crippen LogP contribution in [0.4, 0.5) is 0 Å². The molecule has 0 spiro atoms. The molecule has 0 atom stereocenters. The van der Waals surface area contributed by atoms with Crippen molar-refractivity contribution in [2.45, 2.75) is 6.42 Å². The summed E-state index contributed by atoms with van der Waals surface area (Å²) in [7, 11) is 0. The molecule has 0 bridgehead atoms. The summed E-state index contributed by atoms with van der Waals surface area (Å²) in [4.78, 5) is 10.4. The molecule has 0 amide bonds. The first kappa shape index (κ1) is 7.45. The van der Waals surface area contributed by atoms with E-state index in [4.69, 9.17) is 5.11 Å². The molecular formula is C7H6O2Se. The maximum atomic E-state index is 10.4. The van der Waals surface area contributed by atoms with Gasteiger partial charge in [-0.3, -0.25) is 0 Å². The molecule has 0 fully saturated rings. The zero-order valence-electron chi connectivity index (χ0n) is 5.20. The molecule has 0 heterocycles. The Balaban J connectivity index is 2.91. The predicted molar refractivity (Wildman–Crippen MR) is 40.2 cm³/mol. The fourth-order valence-electron chi connectivity index (χ4n) is 0.733. The van der Waals surface area contributed by atoms with Gasteiger partial charge in [-0.1, -0.05) is 0 Å². The van der Waals surface area contributed by atoms with Gasteiger partial charge >= 0.3 is 66.1 Å². The van der Waals surface area contributed by atoms with Crippen LogP contribution in [-0.4, -0.2) is 31.1 Å². The number of rotatable bonds is 1. The van der Waals surface area contributed by atoms with Crippen LogP contribution < -0.4 is 0 Å². The number of hydrogen-bond acceptors (Lipinski definition) is 1. The van der Waals surface area contributed by atoms with Crippen molar-refractivity contribution in [1.29, 1.82) is 0 Å². The summed E-state index contributed by atoms with van der Waals surface area (Å²) >= 11 is 2.73. The van der Waals surface area contributed by atoms with Crippen LogP contribution in [0.2, 0.25) is 0 Å². The Kier molecular flexibility index (Phi) is 2.20. The van der Waals surface area contributed by atoms with E-state index in [0.717, 1.165) is 4.42 Å². The molecule has 0 saturated heterocycles. The number of aliphatic carboxylic acids is 1. The van der Waals surface area contributed by atoms with Gasteiger partial charge in [-0.15, -0.1) is 0 Å². The molecule has 0 unspecified atom stereocenters. The predicted octanol–water partition coefficient (Wildman–Crippen LogP) is 0.298. The molecule has 2 nitrogen and oxygen atoms in total. The third kappa shape index (κ3) is 1.43. The zero-order valence-corrected chi connectivity index (χ0v) is 6.92. The first-order chi connectivity index (χ1) is 4.72. The van der Waals surface area contributed by atoms with Crippen molar-refractivity contribution in [3.63, 3.8) is 0 Å². The van der Waals surface area contributed by atoms with Crippen LogP contribution >= 0.6 is 0 Å². The number of carboxylic acids is 1. The molecule has 1 aliphatic carbocycles. The van der Waals surface area contributed by atoms with Crippen molar-refractivity contribution in [1.82, 2.24) is 0 Å². The molecular weight excluding hydrogens is 195 g/mol. The Morgan fingerprint density at radius 1 is 1.70 bits per heavy atom. The van der Waals surface area contributed by atoms with Gasteiger partial charge in [0.2, 0.25) is 0 Å². The van der Waals surface area contributed by atoms with Crippen LogP contribution in [0.1, 0.15) is 6.42 Å². The molecule has 1 N–H and O–H groups in total. The summed E-state index contributed by atoms with van der Waals surface area (Å²) in [6.07, 6.45) is 5.97. The SMILES string of the molecule is O=C(O)C1=CC=CCC1=[Se]. The number of carbonyl (C=O) groups is 1. The average Bonchev–Trinajstić information content (AvgIpc) is 1.88. The molecule has 52 valence electrons. The Morgan fingerprint density at radius 2 is 2.40 bits per heavy atom. The summed E-state index contributed by atoms with van der Waals surface area (Å²) < 4.78 is 0.801. The monoisotopic (exact) mass is 202 g/mol. The van der Waals surface area contributed by atoms with Gasteiger partial charge in [0.1, 0.15) is 0 Å². The van der Waals surface area contributed by atoms with Crippen LogP contribution in [0.15, 0.2) is 23.8 Å². The van der Waals surface area contributed by atoms with E-state index in [0.29, 0.717) is 12.0 Å². The maximum absolute atomic E-state index is 10.4. The van der Waals surface area contributed by atoms with Gasteiger partial charge in [0.25, 0.3) is 0 Å². The van der Waals surface area contributed by atoms with E-state index >= 15 is 0 Å². The van der Waals surface area contributed by atoms with Crippen molar-refractivity contribution < 1.29 is 9.90 Å². The summed E-state index contributed by atoms with van der Waals surface area (Å²) in [5, 5.41) is 8.57. The first-order valence-corrected chi connectivity index (χ1v) is 3.71. The van der Waals surface area contributed by atoms with Crippen LogP contribution in [0.5, 0.6) is 0 Å². The standard InChI is InChI=1S/C7H6O2Se/c8-7(9)5-3-1-2-4-6(5)10/h1-3H,4H2,(H,8,9). The molecule has 0 aliphatic heterocycles. The minimum atomic E-state index is -0.863. The fourth-order valence-corrected chi connectivity index (χ4v) is 1.26. The van der Waals surface area contributed by atoms with E-state index in [1.807, 2.05) is 6.08 Å². The van der Waals surface area contributed by atoms with Crippen molar-refractivity contribution >= 4 is 26.0 Å². The Bertz CT molecular complexity index is 238. The normalized spacial score (nSPS) is 16.8. The van der Waals surface area contributed by atoms with Gasteiger partial charge < -0.3 is 0 Å². The van der Waals surface area contributed by atoms with E-state index < -0.39 is 5.97 Å². The Hall–Kier alpha value is -0.661. The first-order valence-electron chi connectivity index (χ1n) is 2.85. The molecule has 0 saturated carbocycles. The van der Waals surface area contributed by atoms with E-state index in [2.05, 4.69) is 15.6 Å². The van der Waals surface area contributed by atoms with Gasteiger partial charge in [-0.05, 0) is 0 Å². The van der Waals surface area contributed by atoms with Gasteiger partial charge in [0.05, 0.1) is 0 Å². The number of hydrogen-bond donors (Lipinski definition) is 1. The van der Waals surface area contributed by atoms with E-state index in [-0.39, 0.29) is 0 Å². The van der Waals surface area contributed by atoms with Crippen LogP contribution in [0, 0.1) is 0 Å². The molecule has 3 heteroatoms. The van der Waals surface area contributed by atoms with Crippen LogP contribution in [0.25, 0.3) is 0 Å². The van der Waals surface area contributed by atoms with Crippen LogP contribution in [-0.2, 0) is 4.79 Å². The molecule has 0 aromatic carbocycles. The minimum absolute atomic E-state index is 0.377. The molecule has 0 aromatic rings. The van der Waals surface area contributed by atoms with E-state index in [1.165, 1.54) is 0 Å². The second-order valence-corrected chi connectivity index (χ2v) is 2.97. The average molecular weight is 201 g/mol. The Morgan fingerprint density at radius 3 is 2.80 bits per heavy atom. The summed E-state index contributed by atoms with van der Waals surface area (Å²) in [6, 6.07) is 0. The topological polar surface area (TPSA) is 37.3 Å². The van der Waals surface area contributed by atoms with Crippen molar-refractivity contribution in [2.24, 2.45) is 0 Å². The number of carboxylic acid groups (broad SMARTS) is 1. The molecule has 0 radical (unpaired) electrons. The summed E-state index contributed by atoms with van der Waals surface area (Å²) in [5.41, 5.74) is 0.377. The van der Waals surface area contributed by atoms with Gasteiger partial charge in [-0.2, -0.15) is 0 Å². The molecule has 1 rings (SSSR count). The third-order valence-electron chi connectivity index (χ3n) is 1.23. The quantitative estimate of drug-likeness (QED) is 0.619. The molecule has 0 aromatic heterocycles. The Labute approximate surface area is 66.6 Å². The summed E-state index contributed by atoms with van der Waals surface area (Å²) in [6.45, 7) is 0.